The summed E-state index contributed by atoms with van der Waals surface area (Å²) in [6.45, 7) is 1.85. The molecule has 7 heteroatoms. The van der Waals surface area contributed by atoms with Crippen molar-refractivity contribution in [3.63, 3.8) is 0 Å². The van der Waals surface area contributed by atoms with E-state index in [1.54, 1.807) is 0 Å². The van der Waals surface area contributed by atoms with E-state index in [9.17, 15) is 4.79 Å². The van der Waals surface area contributed by atoms with Gasteiger partial charge >= 0.3 is 0 Å². The molecule has 5 nitrogen and oxygen atoms in total. The van der Waals surface area contributed by atoms with Gasteiger partial charge < -0.3 is 5.73 Å². The van der Waals surface area contributed by atoms with Crippen LogP contribution in [-0.4, -0.2) is 21.1 Å². The maximum absolute atomic E-state index is 12.6. The fraction of sp³-hybridized carbons (Fsp3) is 0.667. The number of amides is 1. The van der Waals surface area contributed by atoms with Crippen molar-refractivity contribution in [2.75, 3.05) is 5.32 Å². The number of aryl methyl sites for hydroxylation is 1. The minimum atomic E-state index is -0.717. The van der Waals surface area contributed by atoms with Crippen LogP contribution in [0.2, 0.25) is 0 Å². The molecule has 0 atom stereocenters. The highest BCUT2D eigenvalue weighted by Gasteiger charge is 2.41. The second kappa shape index (κ2) is 5.92. The number of rotatable bonds is 3. The number of nitrogens with zero attached hydrogens (tertiary/aromatic N) is 2. The first-order valence-corrected chi connectivity index (χ1v) is 7.68. The quantitative estimate of drug-likeness (QED) is 0.661. The first-order chi connectivity index (χ1) is 9.04. The van der Waals surface area contributed by atoms with E-state index in [2.05, 4.69) is 15.5 Å². The van der Waals surface area contributed by atoms with Gasteiger partial charge in [-0.1, -0.05) is 49.2 Å². The Labute approximate surface area is 122 Å². The molecular formula is C12H18N4OS2. The van der Waals surface area contributed by atoms with Gasteiger partial charge in [-0.05, 0) is 19.8 Å². The molecule has 1 aromatic heterocycles. The van der Waals surface area contributed by atoms with Crippen molar-refractivity contribution in [3.05, 3.63) is 5.01 Å². The monoisotopic (exact) mass is 298 g/mol. The summed E-state index contributed by atoms with van der Waals surface area (Å²) in [4.78, 5) is 12.9. The normalized spacial score (nSPS) is 18.6. The van der Waals surface area contributed by atoms with Crippen LogP contribution in [0.15, 0.2) is 0 Å². The van der Waals surface area contributed by atoms with Crippen molar-refractivity contribution in [1.29, 1.82) is 0 Å². The van der Waals surface area contributed by atoms with Gasteiger partial charge in [-0.15, -0.1) is 10.2 Å². The minimum Gasteiger partial charge on any atom is -0.392 e. The number of thiocarbonyl (C=S) groups is 1. The molecule has 0 aliphatic heterocycles. The number of aromatic nitrogens is 2. The molecule has 1 fully saturated rings. The molecule has 1 aliphatic carbocycles. The van der Waals surface area contributed by atoms with Gasteiger partial charge in [-0.3, -0.25) is 10.1 Å². The molecule has 2 rings (SSSR count). The summed E-state index contributed by atoms with van der Waals surface area (Å²) < 4.78 is 0. The molecule has 104 valence electrons. The Morgan fingerprint density at radius 2 is 1.95 bits per heavy atom. The third kappa shape index (κ3) is 3.09. The maximum atomic E-state index is 12.6. The molecule has 0 unspecified atom stereocenters. The Morgan fingerprint density at radius 3 is 2.42 bits per heavy atom. The number of hydrogen-bond donors (Lipinski definition) is 2. The molecule has 1 heterocycles. The highest BCUT2D eigenvalue weighted by Crippen LogP contribution is 2.36. The number of carbonyl (C=O) groups excluding carboxylic acids is 1. The van der Waals surface area contributed by atoms with Gasteiger partial charge in [0.1, 0.15) is 5.01 Å². The standard InChI is InChI=1S/C12H18N4OS2/c1-8-15-16-11(19-8)14-10(17)12(9(13)18)6-4-2-3-5-7-12/h2-7H2,1H3,(H2,13,18)(H,14,16,17). The molecule has 3 N–H and O–H groups in total. The summed E-state index contributed by atoms with van der Waals surface area (Å²) in [5.74, 6) is -0.127. The lowest BCUT2D eigenvalue weighted by atomic mass is 9.79. The molecule has 1 aromatic rings. The van der Waals surface area contributed by atoms with E-state index in [0.717, 1.165) is 43.5 Å². The second-order valence-corrected chi connectivity index (χ2v) is 6.56. The van der Waals surface area contributed by atoms with Gasteiger partial charge in [0.05, 0.1) is 10.4 Å². The molecule has 0 radical (unpaired) electrons. The Bertz CT molecular complexity index is 478. The minimum absolute atomic E-state index is 0.127. The van der Waals surface area contributed by atoms with Crippen molar-refractivity contribution in [2.45, 2.75) is 45.4 Å². The van der Waals surface area contributed by atoms with Gasteiger partial charge in [0, 0.05) is 0 Å². The SMILES string of the molecule is Cc1nnc(NC(=O)C2(C(N)=S)CCCCCC2)s1. The highest BCUT2D eigenvalue weighted by atomic mass is 32.1. The van der Waals surface area contributed by atoms with E-state index in [1.807, 2.05) is 6.92 Å². The van der Waals surface area contributed by atoms with Crippen LogP contribution in [0.5, 0.6) is 0 Å². The lowest BCUT2D eigenvalue weighted by molar-refractivity contribution is -0.122. The molecule has 0 saturated heterocycles. The van der Waals surface area contributed by atoms with Crippen LogP contribution in [0, 0.1) is 12.3 Å². The summed E-state index contributed by atoms with van der Waals surface area (Å²) in [7, 11) is 0. The Kier molecular flexibility index (Phi) is 4.46. The number of carbonyl (C=O) groups is 1. The van der Waals surface area contributed by atoms with Crippen molar-refractivity contribution in [2.24, 2.45) is 11.1 Å². The zero-order valence-electron chi connectivity index (χ0n) is 10.9. The highest BCUT2D eigenvalue weighted by molar-refractivity contribution is 7.80. The zero-order chi connectivity index (χ0) is 13.9. The van der Waals surface area contributed by atoms with Crippen molar-refractivity contribution < 1.29 is 4.79 Å². The molecule has 19 heavy (non-hydrogen) atoms. The van der Waals surface area contributed by atoms with E-state index in [-0.39, 0.29) is 5.91 Å². The van der Waals surface area contributed by atoms with E-state index in [1.165, 1.54) is 11.3 Å². The Hall–Kier alpha value is -1.08. The fourth-order valence-electron chi connectivity index (χ4n) is 2.48. The van der Waals surface area contributed by atoms with Gasteiger partial charge in [0.15, 0.2) is 0 Å². The summed E-state index contributed by atoms with van der Waals surface area (Å²) in [5, 5.41) is 12.0. The predicted octanol–water partition coefficient (Wildman–Crippen LogP) is 2.41. The topological polar surface area (TPSA) is 80.9 Å². The lowest BCUT2D eigenvalue weighted by Crippen LogP contribution is -2.45. The van der Waals surface area contributed by atoms with Crippen molar-refractivity contribution >= 4 is 39.6 Å². The maximum Gasteiger partial charge on any atom is 0.239 e. The predicted molar refractivity (Wildman–Crippen MR) is 80.2 cm³/mol. The Morgan fingerprint density at radius 1 is 1.32 bits per heavy atom. The molecule has 1 saturated carbocycles. The van der Waals surface area contributed by atoms with Crippen LogP contribution >= 0.6 is 23.6 Å². The van der Waals surface area contributed by atoms with Crippen molar-refractivity contribution in [3.8, 4) is 0 Å². The Balaban J connectivity index is 2.18. The third-order valence-corrected chi connectivity index (χ3v) is 4.75. The van der Waals surface area contributed by atoms with E-state index in [0.29, 0.717) is 10.1 Å². The molecule has 0 spiro atoms. The summed E-state index contributed by atoms with van der Waals surface area (Å²) >= 11 is 6.53. The van der Waals surface area contributed by atoms with Crippen LogP contribution in [0.1, 0.15) is 43.5 Å². The van der Waals surface area contributed by atoms with Crippen LogP contribution in [0.25, 0.3) is 0 Å². The number of anilines is 1. The van der Waals surface area contributed by atoms with Gasteiger partial charge in [-0.25, -0.2) is 0 Å². The summed E-state index contributed by atoms with van der Waals surface area (Å²) in [5.41, 5.74) is 5.15. The van der Waals surface area contributed by atoms with E-state index >= 15 is 0 Å². The van der Waals surface area contributed by atoms with Gasteiger partial charge in [0.25, 0.3) is 0 Å². The third-order valence-electron chi connectivity index (χ3n) is 3.61. The largest absolute Gasteiger partial charge is 0.392 e. The molecule has 1 amide bonds. The van der Waals surface area contributed by atoms with E-state index in [4.69, 9.17) is 18.0 Å². The van der Waals surface area contributed by atoms with Crippen LogP contribution in [0.3, 0.4) is 0 Å². The molecule has 0 bridgehead atoms. The number of hydrogen-bond acceptors (Lipinski definition) is 5. The number of nitrogens with two attached hydrogens (primary N) is 1. The van der Waals surface area contributed by atoms with Crippen LogP contribution in [-0.2, 0) is 4.79 Å². The summed E-state index contributed by atoms with van der Waals surface area (Å²) in [6, 6.07) is 0. The van der Waals surface area contributed by atoms with E-state index < -0.39 is 5.41 Å². The van der Waals surface area contributed by atoms with Crippen molar-refractivity contribution in [1.82, 2.24) is 10.2 Å². The summed E-state index contributed by atoms with van der Waals surface area (Å²) in [6.07, 6.45) is 5.70. The smallest absolute Gasteiger partial charge is 0.239 e. The molecule has 0 aromatic carbocycles. The fourth-order valence-corrected chi connectivity index (χ4v) is 3.36. The average Bonchev–Trinajstić information content (AvgIpc) is 2.65. The first-order valence-electron chi connectivity index (χ1n) is 6.46. The molecular weight excluding hydrogens is 280 g/mol. The first kappa shape index (κ1) is 14.3. The van der Waals surface area contributed by atoms with Gasteiger partial charge in [0.2, 0.25) is 11.0 Å². The number of nitrogens with one attached hydrogen (secondary N) is 1. The molecule has 1 aliphatic rings. The van der Waals surface area contributed by atoms with Crippen LogP contribution in [0.4, 0.5) is 5.13 Å². The lowest BCUT2D eigenvalue weighted by Gasteiger charge is -2.29. The second-order valence-electron chi connectivity index (χ2n) is 4.94. The zero-order valence-corrected chi connectivity index (χ0v) is 12.6. The van der Waals surface area contributed by atoms with Crippen LogP contribution < -0.4 is 11.1 Å². The average molecular weight is 298 g/mol. The van der Waals surface area contributed by atoms with Gasteiger partial charge in [-0.2, -0.15) is 0 Å².